The summed E-state index contributed by atoms with van der Waals surface area (Å²) in [6, 6.07) is -8.74. The molecule has 5 saturated heterocycles. The SMILES string of the molecule is Cc1c2oc3c(C)ccc(C(=O)N[C@@H]4C(=O)N[C@H](C(C)C)C(=O)N5CCC[C@H]5C(=O)N(C)CC(=O)N(C)[C@@H](C(C)C)C(=O)O[C@@H]4C)c3nc-2c(C(=O)N[C@@H]2C(=O)N[C@H](C(C)C)C(=O)N3CCC[C@H]3C(=O)N(C)CC(=O)N(C)[C@@H](C(C)C)C(=O)O[C@@H]2C)c(NC2CC(C)(C)[NH+]([O-])C(C)(C)C2)c1=O. The van der Waals surface area contributed by atoms with Gasteiger partial charge < -0.3 is 80.1 Å². The number of fused-ring (bicyclic) bond motifs is 4. The van der Waals surface area contributed by atoms with Crippen LogP contribution in [-0.2, 0) is 57.4 Å². The minimum atomic E-state index is -1.92. The number of hydrogen-bond donors (Lipinski definition) is 6. The Hall–Kier alpha value is -8.80. The number of ether oxygens (including phenoxy) is 2. The maximum Gasteiger partial charge on any atom is 0.329 e. The second-order valence-electron chi connectivity index (χ2n) is 30.9. The van der Waals surface area contributed by atoms with Gasteiger partial charge in [-0.1, -0.05) is 61.5 Å². The van der Waals surface area contributed by atoms with E-state index in [1.54, 1.807) is 90.0 Å². The normalized spacial score (nSPS) is 28.1. The lowest BCUT2D eigenvalue weighted by molar-refractivity contribution is -0.955. The van der Waals surface area contributed by atoms with Crippen molar-refractivity contribution in [2.45, 2.75) is 227 Å². The topological polar surface area (TPSA) is 373 Å². The van der Waals surface area contributed by atoms with Gasteiger partial charge in [0.2, 0.25) is 52.7 Å². The first-order valence-corrected chi connectivity index (χ1v) is 35.0. The van der Waals surface area contributed by atoms with Crippen LogP contribution in [0.25, 0.3) is 22.6 Å². The van der Waals surface area contributed by atoms with E-state index in [4.69, 9.17) is 18.9 Å². The molecule has 0 unspecified atom stereocenters. The van der Waals surface area contributed by atoms with Crippen molar-refractivity contribution in [2.24, 2.45) is 23.7 Å². The molecule has 6 aliphatic heterocycles. The predicted molar refractivity (Wildman–Crippen MR) is 370 cm³/mol. The van der Waals surface area contributed by atoms with Crippen LogP contribution in [0.5, 0.6) is 0 Å². The van der Waals surface area contributed by atoms with Crippen LogP contribution in [-0.4, -0.2) is 237 Å². The van der Waals surface area contributed by atoms with E-state index in [9.17, 15) is 43.6 Å². The summed E-state index contributed by atoms with van der Waals surface area (Å²) in [5, 5.41) is 28.2. The molecule has 0 saturated carbocycles. The van der Waals surface area contributed by atoms with Crippen LogP contribution < -0.4 is 37.1 Å². The first-order valence-electron chi connectivity index (χ1n) is 35.0. The number of aromatic nitrogens is 1. The Morgan fingerprint density at radius 2 is 1.05 bits per heavy atom. The zero-order valence-electron chi connectivity index (χ0n) is 62.0. The van der Waals surface area contributed by atoms with E-state index in [1.807, 2.05) is 0 Å². The minimum absolute atomic E-state index is 0.0466. The fraction of sp³-hybridized carbons (Fsp3) is 0.662. The number of likely N-dealkylation sites (N-methyl/N-ethyl adjacent to an activating group) is 4. The Labute approximate surface area is 589 Å². The second kappa shape index (κ2) is 30.4. The van der Waals surface area contributed by atoms with Crippen molar-refractivity contribution in [2.75, 3.05) is 59.7 Å². The molecule has 5 fully saturated rings. The molecule has 30 nitrogen and oxygen atoms in total. The van der Waals surface area contributed by atoms with Gasteiger partial charge in [0.15, 0.2) is 11.3 Å². The highest BCUT2D eigenvalue weighted by atomic mass is 16.6. The number of hydroxylamine groups is 2. The van der Waals surface area contributed by atoms with Crippen LogP contribution in [0.3, 0.4) is 0 Å². The molecule has 10 amide bonds. The smallest absolute Gasteiger partial charge is 0.329 e. The van der Waals surface area contributed by atoms with E-state index in [2.05, 4.69) is 26.6 Å². The van der Waals surface area contributed by atoms with Gasteiger partial charge in [-0.25, -0.2) is 14.6 Å². The zero-order valence-corrected chi connectivity index (χ0v) is 62.0. The molecule has 0 spiro atoms. The van der Waals surface area contributed by atoms with E-state index in [-0.39, 0.29) is 83.2 Å². The lowest BCUT2D eigenvalue weighted by Gasteiger charge is -2.54. The van der Waals surface area contributed by atoms with E-state index in [0.29, 0.717) is 18.4 Å². The molecule has 101 heavy (non-hydrogen) atoms. The summed E-state index contributed by atoms with van der Waals surface area (Å²) in [7, 11) is 5.61. The molecule has 554 valence electrons. The third-order valence-electron chi connectivity index (χ3n) is 20.6. The minimum Gasteiger partial charge on any atom is -0.634 e. The number of benzene rings is 2. The van der Waals surface area contributed by atoms with Crippen molar-refractivity contribution in [1.29, 1.82) is 0 Å². The van der Waals surface area contributed by atoms with Gasteiger partial charge in [-0.3, -0.25) is 52.7 Å². The molecule has 6 N–H and O–H groups in total. The predicted octanol–water partition coefficient (Wildman–Crippen LogP) is 1.66. The largest absolute Gasteiger partial charge is 0.634 e. The molecule has 1 aromatic carbocycles. The van der Waals surface area contributed by atoms with Crippen LogP contribution >= 0.6 is 0 Å². The zero-order chi connectivity index (χ0) is 75.3. The number of rotatable bonds is 10. The molecule has 0 aromatic heterocycles. The lowest BCUT2D eigenvalue weighted by atomic mass is 9.78. The van der Waals surface area contributed by atoms with Gasteiger partial charge in [-0.05, 0) is 116 Å². The number of cyclic esters (lactones) is 2. The number of hydrogen-bond acceptors (Lipinski definition) is 19. The van der Waals surface area contributed by atoms with Gasteiger partial charge in [-0.15, -0.1) is 0 Å². The Bertz CT molecular complexity index is 3790. The molecule has 6 heterocycles. The summed E-state index contributed by atoms with van der Waals surface area (Å²) in [6.45, 7) is 25.6. The monoisotopic (exact) mass is 1410 g/mol. The number of carbonyl (C=O) groups is 12. The number of quaternary nitrogens is 1. The van der Waals surface area contributed by atoms with Crippen molar-refractivity contribution < 1.29 is 76.5 Å². The Morgan fingerprint density at radius 1 is 0.624 bits per heavy atom. The molecular weight excluding hydrogens is 1310 g/mol. The Morgan fingerprint density at radius 3 is 1.47 bits per heavy atom. The molecule has 1 aromatic rings. The summed E-state index contributed by atoms with van der Waals surface area (Å²) in [5.41, 5.74) is -4.26. The van der Waals surface area contributed by atoms with Crippen LogP contribution in [0.4, 0.5) is 5.69 Å². The molecule has 7 aliphatic rings. The highest BCUT2D eigenvalue weighted by molar-refractivity contribution is 6.11. The van der Waals surface area contributed by atoms with E-state index >= 15 is 24.0 Å². The first kappa shape index (κ1) is 77.9. The molecule has 1 aliphatic carbocycles. The van der Waals surface area contributed by atoms with Crippen LogP contribution in [0.1, 0.15) is 167 Å². The number of amides is 10. The summed E-state index contributed by atoms with van der Waals surface area (Å²) in [4.78, 5) is 205. The second-order valence-corrected chi connectivity index (χ2v) is 30.9. The standard InChI is InChI=1S/C71H103N13O17/c1-33(2)48-66(94)82-27-21-23-43(82)64(92)78(17)31-45(85)80(19)55(35(5)6)68(96)99-39(11)50(62(90)74-48)76-60(88)42-26-25-37(9)58-52(42)73-54-47(53(57(87)38(10)59(54)101-58)72-41-29-70(13,14)84(98)71(15,16)30-41)61(89)77-51-40(12)100-69(97)56(36(7)8)81(20)46(86)32-79(18)65(93)44-24-22-28-83(44)67(95)49(34(3)4)75-63(51)91/h25-26,33-36,39-41,43-44,48-51,55-56,72,84H,21-24,27-32H2,1-20H3,(H,74,90)(H,75,91)(H,76,88)(H,77,89)/t39-,40-,43+,44+,48-,49-,50+,51+,55+,56+/m1/s1. The van der Waals surface area contributed by atoms with Gasteiger partial charge in [0.25, 0.3) is 11.8 Å². The Balaban J connectivity index is 1.30. The summed E-state index contributed by atoms with van der Waals surface area (Å²) in [6.07, 6.45) is -1.42. The third-order valence-corrected chi connectivity index (χ3v) is 20.6. The maximum absolute atomic E-state index is 16.1. The quantitative estimate of drug-likeness (QED) is 0.0955. The summed E-state index contributed by atoms with van der Waals surface area (Å²) in [5.74, 6) is -12.4. The van der Waals surface area contributed by atoms with Gasteiger partial charge >= 0.3 is 11.9 Å². The van der Waals surface area contributed by atoms with Gasteiger partial charge in [0.1, 0.15) is 71.8 Å². The van der Waals surface area contributed by atoms with Crippen LogP contribution in [0, 0.1) is 42.7 Å². The highest BCUT2D eigenvalue weighted by Gasteiger charge is 2.49. The highest BCUT2D eigenvalue weighted by Crippen LogP contribution is 2.38. The van der Waals surface area contributed by atoms with E-state index in [0.717, 1.165) is 9.80 Å². The number of nitrogens with zero attached hydrogens (tertiary/aromatic N) is 7. The third kappa shape index (κ3) is 15.8. The van der Waals surface area contributed by atoms with Crippen LogP contribution in [0.15, 0.2) is 21.3 Å². The van der Waals surface area contributed by atoms with E-state index in [1.165, 1.54) is 80.7 Å². The molecule has 0 radical (unpaired) electrons. The van der Waals surface area contributed by atoms with Crippen molar-refractivity contribution in [3.05, 3.63) is 49.8 Å². The number of esters is 2. The number of carbonyl (C=O) groups excluding carboxylic acids is 12. The molecule has 8 rings (SSSR count). The van der Waals surface area contributed by atoms with Gasteiger partial charge in [0.05, 0.1) is 41.0 Å². The van der Waals surface area contributed by atoms with Crippen molar-refractivity contribution in [3.63, 3.8) is 0 Å². The molecule has 30 heteroatoms. The number of piperidine rings is 1. The fourth-order valence-corrected chi connectivity index (χ4v) is 15.1. The number of nitrogens with one attached hydrogen (secondary N) is 6. The molecule has 0 bridgehead atoms. The number of anilines is 1. The fourth-order valence-electron chi connectivity index (χ4n) is 15.1. The van der Waals surface area contributed by atoms with Gasteiger partial charge in [-0.2, -0.15) is 0 Å². The lowest BCUT2D eigenvalue weighted by Crippen LogP contribution is -3.23. The van der Waals surface area contributed by atoms with Crippen molar-refractivity contribution in [3.8, 4) is 11.5 Å². The van der Waals surface area contributed by atoms with Gasteiger partial charge in [0, 0.05) is 65.7 Å². The summed E-state index contributed by atoms with van der Waals surface area (Å²) >= 11 is 0. The average Bonchev–Trinajstić information content (AvgIpc) is 1.42. The maximum atomic E-state index is 16.1. The summed E-state index contributed by atoms with van der Waals surface area (Å²) < 4.78 is 18.8. The van der Waals surface area contributed by atoms with Crippen LogP contribution in [0.2, 0.25) is 0 Å². The van der Waals surface area contributed by atoms with Crippen molar-refractivity contribution in [1.82, 2.24) is 55.7 Å². The molecule has 10 atom stereocenters. The molecular formula is C71H103N13O17. The number of aryl methyl sites for hydroxylation is 1. The Kier molecular flexibility index (Phi) is 23.5. The first-order chi connectivity index (χ1) is 47.0. The average molecular weight is 1410 g/mol. The van der Waals surface area contributed by atoms with E-state index < -0.39 is 196 Å². The van der Waals surface area contributed by atoms with Crippen molar-refractivity contribution >= 4 is 87.8 Å².